The molecule has 1 aromatic carbocycles. The van der Waals surface area contributed by atoms with Gasteiger partial charge >= 0.3 is 0 Å². The maximum Gasteiger partial charge on any atom is 0.261 e. The molecule has 10 heteroatoms. The summed E-state index contributed by atoms with van der Waals surface area (Å²) < 4.78 is 2.19. The third kappa shape index (κ3) is 3.79. The number of pyridine rings is 1. The van der Waals surface area contributed by atoms with Crippen LogP contribution in [0.2, 0.25) is 0 Å². The molecule has 3 heterocycles. The molecule has 29 heavy (non-hydrogen) atoms. The molecule has 1 N–H and O–H groups in total. The number of imide groups is 1. The fourth-order valence-corrected chi connectivity index (χ4v) is 3.43. The van der Waals surface area contributed by atoms with Gasteiger partial charge in [0.15, 0.2) is 5.82 Å². The fourth-order valence-electron chi connectivity index (χ4n) is 3.07. The molecule has 1 aliphatic heterocycles. The van der Waals surface area contributed by atoms with Gasteiger partial charge in [0.25, 0.3) is 11.8 Å². The SMILES string of the molecule is O=C(CCCN1C(=O)c2ccc(Br)cc2C1=O)Nc1cccnc1-n1cncn1. The standard InChI is InChI=1S/C19H15BrN6O3/c20-12-5-6-13-14(9-12)19(29)25(18(13)28)8-2-4-16(27)24-15-3-1-7-22-17(15)26-11-21-10-23-26/h1,3,5-7,9-11H,2,4,8H2,(H,24,27). The third-order valence-electron chi connectivity index (χ3n) is 4.41. The number of amides is 3. The molecule has 0 atom stereocenters. The molecule has 4 rings (SSSR count). The monoisotopic (exact) mass is 454 g/mol. The molecule has 0 spiro atoms. The Kier molecular flexibility index (Phi) is 5.17. The third-order valence-corrected chi connectivity index (χ3v) is 4.91. The van der Waals surface area contributed by atoms with Crippen molar-refractivity contribution in [1.29, 1.82) is 0 Å². The maximum atomic E-state index is 12.5. The van der Waals surface area contributed by atoms with Crippen molar-refractivity contribution in [2.24, 2.45) is 0 Å². The second-order valence-electron chi connectivity index (χ2n) is 6.32. The lowest BCUT2D eigenvalue weighted by Gasteiger charge is -2.14. The van der Waals surface area contributed by atoms with E-state index in [1.807, 2.05) is 0 Å². The Morgan fingerprint density at radius 3 is 2.76 bits per heavy atom. The molecule has 0 radical (unpaired) electrons. The number of carbonyl (C=O) groups excluding carboxylic acids is 3. The van der Waals surface area contributed by atoms with Gasteiger partial charge in [0.05, 0.1) is 16.8 Å². The highest BCUT2D eigenvalue weighted by Crippen LogP contribution is 2.26. The molecular formula is C19H15BrN6O3. The molecule has 9 nitrogen and oxygen atoms in total. The van der Waals surface area contributed by atoms with E-state index in [-0.39, 0.29) is 30.7 Å². The van der Waals surface area contributed by atoms with Crippen LogP contribution in [0.5, 0.6) is 0 Å². The molecule has 0 bridgehead atoms. The van der Waals surface area contributed by atoms with E-state index >= 15 is 0 Å². The summed E-state index contributed by atoms with van der Waals surface area (Å²) in [6.07, 6.45) is 4.94. The van der Waals surface area contributed by atoms with Gasteiger partial charge in [-0.3, -0.25) is 19.3 Å². The van der Waals surface area contributed by atoms with Crippen LogP contribution >= 0.6 is 15.9 Å². The highest BCUT2D eigenvalue weighted by atomic mass is 79.9. The van der Waals surface area contributed by atoms with Crippen molar-refractivity contribution in [2.75, 3.05) is 11.9 Å². The second kappa shape index (κ2) is 7.92. The summed E-state index contributed by atoms with van der Waals surface area (Å²) in [5.41, 5.74) is 1.26. The van der Waals surface area contributed by atoms with Gasteiger partial charge in [0.2, 0.25) is 5.91 Å². The van der Waals surface area contributed by atoms with Crippen molar-refractivity contribution < 1.29 is 14.4 Å². The molecule has 3 aromatic rings. The van der Waals surface area contributed by atoms with Crippen LogP contribution in [0.3, 0.4) is 0 Å². The molecule has 0 saturated carbocycles. The first-order valence-electron chi connectivity index (χ1n) is 8.80. The lowest BCUT2D eigenvalue weighted by atomic mass is 10.1. The molecule has 0 saturated heterocycles. The molecule has 3 amide bonds. The quantitative estimate of drug-likeness (QED) is 0.572. The molecule has 146 valence electrons. The number of anilines is 1. The van der Waals surface area contributed by atoms with E-state index in [9.17, 15) is 14.4 Å². The first-order chi connectivity index (χ1) is 14.0. The van der Waals surface area contributed by atoms with Crippen LogP contribution in [-0.2, 0) is 4.79 Å². The smallest absolute Gasteiger partial charge is 0.261 e. The van der Waals surface area contributed by atoms with Crippen molar-refractivity contribution in [3.63, 3.8) is 0 Å². The zero-order valence-corrected chi connectivity index (χ0v) is 16.7. The van der Waals surface area contributed by atoms with Crippen LogP contribution in [-0.4, -0.2) is 48.9 Å². The van der Waals surface area contributed by atoms with Crippen LogP contribution in [0.1, 0.15) is 33.6 Å². The summed E-state index contributed by atoms with van der Waals surface area (Å²) in [5.74, 6) is -0.478. The van der Waals surface area contributed by atoms with Crippen LogP contribution in [0.15, 0.2) is 53.7 Å². The molecule has 0 fully saturated rings. The average Bonchev–Trinajstić information content (AvgIpc) is 3.32. The van der Waals surface area contributed by atoms with Crippen molar-refractivity contribution in [2.45, 2.75) is 12.8 Å². The largest absolute Gasteiger partial charge is 0.323 e. The Balaban J connectivity index is 1.36. The van der Waals surface area contributed by atoms with Crippen LogP contribution in [0, 0.1) is 0 Å². The van der Waals surface area contributed by atoms with Gasteiger partial charge in [-0.25, -0.2) is 14.6 Å². The summed E-state index contributed by atoms with van der Waals surface area (Å²) in [6.45, 7) is 0.167. The Morgan fingerprint density at radius 2 is 1.97 bits per heavy atom. The fraction of sp³-hybridized carbons (Fsp3) is 0.158. The highest BCUT2D eigenvalue weighted by molar-refractivity contribution is 9.10. The number of benzene rings is 1. The zero-order chi connectivity index (χ0) is 20.4. The van der Waals surface area contributed by atoms with Crippen LogP contribution in [0.4, 0.5) is 5.69 Å². The number of hydrogen-bond acceptors (Lipinski definition) is 6. The topological polar surface area (TPSA) is 110 Å². The molecule has 1 aliphatic rings. The molecule has 2 aromatic heterocycles. The van der Waals surface area contributed by atoms with Gasteiger partial charge in [-0.15, -0.1) is 0 Å². The van der Waals surface area contributed by atoms with Gasteiger partial charge in [-0.1, -0.05) is 15.9 Å². The van der Waals surface area contributed by atoms with Crippen molar-refractivity contribution in [3.8, 4) is 5.82 Å². The lowest BCUT2D eigenvalue weighted by Crippen LogP contribution is -2.31. The van der Waals surface area contributed by atoms with Gasteiger partial charge in [0.1, 0.15) is 12.7 Å². The van der Waals surface area contributed by atoms with Crippen molar-refractivity contribution in [1.82, 2.24) is 24.6 Å². The predicted molar refractivity (Wildman–Crippen MR) is 107 cm³/mol. The number of rotatable bonds is 6. The van der Waals surface area contributed by atoms with Crippen molar-refractivity contribution in [3.05, 3.63) is 64.8 Å². The first kappa shape index (κ1) is 18.9. The summed E-state index contributed by atoms with van der Waals surface area (Å²) in [6, 6.07) is 8.40. The van der Waals surface area contributed by atoms with Crippen molar-refractivity contribution >= 4 is 39.3 Å². The van der Waals surface area contributed by atoms with E-state index in [0.717, 1.165) is 4.47 Å². The minimum Gasteiger partial charge on any atom is -0.323 e. The van der Waals surface area contributed by atoms with E-state index in [2.05, 4.69) is 36.3 Å². The maximum absolute atomic E-state index is 12.5. The Bertz CT molecular complexity index is 1100. The van der Waals surface area contributed by atoms with E-state index in [1.54, 1.807) is 36.5 Å². The lowest BCUT2D eigenvalue weighted by molar-refractivity contribution is -0.116. The van der Waals surface area contributed by atoms with Gasteiger partial charge in [0, 0.05) is 23.6 Å². The summed E-state index contributed by atoms with van der Waals surface area (Å²) >= 11 is 3.31. The number of fused-ring (bicyclic) bond motifs is 1. The van der Waals surface area contributed by atoms with Crippen LogP contribution < -0.4 is 5.32 Å². The van der Waals surface area contributed by atoms with Gasteiger partial charge in [-0.05, 0) is 36.8 Å². The summed E-state index contributed by atoms with van der Waals surface area (Å²) in [7, 11) is 0. The van der Waals surface area contributed by atoms with Gasteiger partial charge < -0.3 is 5.32 Å². The number of carbonyl (C=O) groups is 3. The first-order valence-corrected chi connectivity index (χ1v) is 9.59. The van der Waals surface area contributed by atoms with E-state index < -0.39 is 0 Å². The molecule has 0 unspecified atom stereocenters. The number of aromatic nitrogens is 4. The van der Waals surface area contributed by atoms with E-state index in [0.29, 0.717) is 29.1 Å². The Labute approximate surface area is 173 Å². The number of nitrogens with zero attached hydrogens (tertiary/aromatic N) is 5. The Hall–Kier alpha value is -3.40. The number of hydrogen-bond donors (Lipinski definition) is 1. The average molecular weight is 455 g/mol. The predicted octanol–water partition coefficient (Wildman–Crippen LogP) is 2.44. The zero-order valence-electron chi connectivity index (χ0n) is 15.1. The van der Waals surface area contributed by atoms with E-state index in [4.69, 9.17) is 0 Å². The molecular weight excluding hydrogens is 440 g/mol. The van der Waals surface area contributed by atoms with E-state index in [1.165, 1.54) is 22.2 Å². The van der Waals surface area contributed by atoms with Gasteiger partial charge in [-0.2, -0.15) is 5.10 Å². The normalized spacial score (nSPS) is 12.9. The number of halogens is 1. The second-order valence-corrected chi connectivity index (χ2v) is 7.23. The molecule has 0 aliphatic carbocycles. The Morgan fingerprint density at radius 1 is 1.14 bits per heavy atom. The minimum atomic E-state index is -0.340. The highest BCUT2D eigenvalue weighted by Gasteiger charge is 2.35. The summed E-state index contributed by atoms with van der Waals surface area (Å²) in [5, 5.41) is 6.80. The van der Waals surface area contributed by atoms with Crippen LogP contribution in [0.25, 0.3) is 5.82 Å². The number of nitrogens with one attached hydrogen (secondary N) is 1. The minimum absolute atomic E-state index is 0.142. The summed E-state index contributed by atoms with van der Waals surface area (Å²) in [4.78, 5) is 46.5.